The van der Waals surface area contributed by atoms with Gasteiger partial charge in [0.1, 0.15) is 0 Å². The molecular weight excluding hydrogens is 292 g/mol. The summed E-state index contributed by atoms with van der Waals surface area (Å²) in [6.07, 6.45) is 6.23. The summed E-state index contributed by atoms with van der Waals surface area (Å²) < 4.78 is 9.73. The number of nitrogens with zero attached hydrogens (tertiary/aromatic N) is 1. The Morgan fingerprint density at radius 3 is 2.00 bits per heavy atom. The molecule has 0 aromatic carbocycles. The molecule has 0 aromatic rings. The van der Waals surface area contributed by atoms with Gasteiger partial charge >= 0.3 is 0 Å². The third-order valence-electron chi connectivity index (χ3n) is 3.49. The van der Waals surface area contributed by atoms with Gasteiger partial charge in [-0.15, -0.1) is 0 Å². The number of amides is 1. The number of hydrogen-bond donors (Lipinski definition) is 1. The maximum Gasteiger partial charge on any atom is 0.206 e. The summed E-state index contributed by atoms with van der Waals surface area (Å²) in [5.74, 6) is 0. The SMILES string of the molecule is CC.CC.CCOC.CNC=O.COCC1CCC2CCCN21. The smallest absolute Gasteiger partial charge is 0.206 e. The molecular formula is C18H42N2O3. The van der Waals surface area contributed by atoms with Crippen LogP contribution in [-0.4, -0.2) is 64.4 Å². The van der Waals surface area contributed by atoms with Crippen LogP contribution in [-0.2, 0) is 14.3 Å². The lowest BCUT2D eigenvalue weighted by molar-refractivity contribution is -0.109. The number of ether oxygens (including phenoxy) is 2. The van der Waals surface area contributed by atoms with Gasteiger partial charge in [-0.25, -0.2) is 0 Å². The Hall–Kier alpha value is -0.650. The lowest BCUT2D eigenvalue weighted by Gasteiger charge is -2.22. The van der Waals surface area contributed by atoms with E-state index in [0.717, 1.165) is 25.3 Å². The molecule has 23 heavy (non-hydrogen) atoms. The summed E-state index contributed by atoms with van der Waals surface area (Å²) in [6, 6.07) is 1.66. The molecule has 2 saturated heterocycles. The normalized spacial score (nSPS) is 20.9. The van der Waals surface area contributed by atoms with Gasteiger partial charge in [0.05, 0.1) is 6.61 Å². The van der Waals surface area contributed by atoms with Crippen molar-refractivity contribution < 1.29 is 14.3 Å². The third kappa shape index (κ3) is 14.7. The van der Waals surface area contributed by atoms with E-state index in [4.69, 9.17) is 9.53 Å². The summed E-state index contributed by atoms with van der Waals surface area (Å²) in [6.45, 7) is 13.0. The first-order valence-corrected chi connectivity index (χ1v) is 9.09. The number of rotatable bonds is 4. The van der Waals surface area contributed by atoms with Crippen LogP contribution in [0.25, 0.3) is 0 Å². The third-order valence-corrected chi connectivity index (χ3v) is 3.49. The van der Waals surface area contributed by atoms with Gasteiger partial charge < -0.3 is 14.8 Å². The van der Waals surface area contributed by atoms with Gasteiger partial charge in [0, 0.05) is 40.0 Å². The van der Waals surface area contributed by atoms with Crippen molar-refractivity contribution in [3.63, 3.8) is 0 Å². The van der Waals surface area contributed by atoms with Crippen LogP contribution in [0, 0.1) is 0 Å². The van der Waals surface area contributed by atoms with Crippen LogP contribution in [0.2, 0.25) is 0 Å². The van der Waals surface area contributed by atoms with E-state index in [1.54, 1.807) is 14.2 Å². The minimum Gasteiger partial charge on any atom is -0.385 e. The quantitative estimate of drug-likeness (QED) is 0.801. The van der Waals surface area contributed by atoms with Gasteiger partial charge in [0.15, 0.2) is 0 Å². The Balaban J connectivity index is -0.000000282. The number of hydrogen-bond acceptors (Lipinski definition) is 4. The van der Waals surface area contributed by atoms with Gasteiger partial charge in [-0.3, -0.25) is 9.69 Å². The Morgan fingerprint density at radius 2 is 1.61 bits per heavy atom. The molecule has 0 spiro atoms. The first-order valence-electron chi connectivity index (χ1n) is 9.09. The molecule has 2 heterocycles. The molecule has 2 aliphatic rings. The van der Waals surface area contributed by atoms with Crippen molar-refractivity contribution in [2.24, 2.45) is 0 Å². The molecule has 2 unspecified atom stereocenters. The Morgan fingerprint density at radius 1 is 1.09 bits per heavy atom. The molecule has 5 nitrogen and oxygen atoms in total. The fourth-order valence-corrected chi connectivity index (χ4v) is 2.57. The van der Waals surface area contributed by atoms with Crippen LogP contribution in [0.1, 0.15) is 60.3 Å². The summed E-state index contributed by atoms with van der Waals surface area (Å²) in [4.78, 5) is 11.7. The maximum atomic E-state index is 9.06. The molecule has 0 bridgehead atoms. The van der Waals surface area contributed by atoms with Crippen molar-refractivity contribution in [3.8, 4) is 0 Å². The number of fused-ring (bicyclic) bond motifs is 1. The zero-order valence-electron chi connectivity index (χ0n) is 16.9. The van der Waals surface area contributed by atoms with Crippen molar-refractivity contribution in [2.45, 2.75) is 72.4 Å². The summed E-state index contributed by atoms with van der Waals surface area (Å²) >= 11 is 0. The zero-order valence-corrected chi connectivity index (χ0v) is 16.9. The van der Waals surface area contributed by atoms with Gasteiger partial charge in [0.2, 0.25) is 6.41 Å². The average molecular weight is 335 g/mol. The zero-order chi connectivity index (χ0) is 18.5. The number of nitrogens with one attached hydrogen (secondary N) is 1. The van der Waals surface area contributed by atoms with E-state index in [-0.39, 0.29) is 0 Å². The monoisotopic (exact) mass is 334 g/mol. The molecule has 0 aromatic heterocycles. The molecule has 2 atom stereocenters. The first kappa shape index (κ1) is 27.2. The van der Waals surface area contributed by atoms with E-state index in [1.807, 2.05) is 41.7 Å². The first-order chi connectivity index (χ1) is 11.2. The lowest BCUT2D eigenvalue weighted by Crippen LogP contribution is -2.34. The molecule has 5 heteroatoms. The molecule has 1 N–H and O–H groups in total. The topological polar surface area (TPSA) is 50.8 Å². The minimum absolute atomic E-state index is 0.625. The number of methoxy groups -OCH3 is 2. The highest BCUT2D eigenvalue weighted by Crippen LogP contribution is 2.32. The van der Waals surface area contributed by atoms with Crippen LogP contribution in [0.15, 0.2) is 0 Å². The predicted molar refractivity (Wildman–Crippen MR) is 100.0 cm³/mol. The highest BCUT2D eigenvalue weighted by Gasteiger charge is 2.35. The fourth-order valence-electron chi connectivity index (χ4n) is 2.57. The summed E-state index contributed by atoms with van der Waals surface area (Å²) in [5.41, 5.74) is 0. The van der Waals surface area contributed by atoms with Crippen molar-refractivity contribution in [1.82, 2.24) is 10.2 Å². The van der Waals surface area contributed by atoms with E-state index in [0.29, 0.717) is 6.41 Å². The highest BCUT2D eigenvalue weighted by atomic mass is 16.5. The molecule has 2 rings (SSSR count). The van der Waals surface area contributed by atoms with Gasteiger partial charge in [-0.1, -0.05) is 27.7 Å². The second-order valence-corrected chi connectivity index (χ2v) is 4.70. The molecule has 1 amide bonds. The molecule has 2 aliphatic heterocycles. The summed E-state index contributed by atoms with van der Waals surface area (Å²) in [5, 5.41) is 2.25. The second-order valence-electron chi connectivity index (χ2n) is 4.70. The number of carbonyl (C=O) groups excluding carboxylic acids is 1. The molecule has 0 aliphatic carbocycles. The van der Waals surface area contributed by atoms with Crippen molar-refractivity contribution in [3.05, 3.63) is 0 Å². The molecule has 142 valence electrons. The molecule has 0 radical (unpaired) electrons. The lowest BCUT2D eigenvalue weighted by atomic mass is 10.1. The Bertz CT molecular complexity index is 212. The Kier molecular flexibility index (Phi) is 27.9. The molecule has 2 fully saturated rings. The minimum atomic E-state index is 0.625. The van der Waals surface area contributed by atoms with Gasteiger partial charge in [0.25, 0.3) is 0 Å². The maximum absolute atomic E-state index is 9.06. The largest absolute Gasteiger partial charge is 0.385 e. The van der Waals surface area contributed by atoms with Gasteiger partial charge in [-0.05, 0) is 39.2 Å². The summed E-state index contributed by atoms with van der Waals surface area (Å²) in [7, 11) is 5.05. The van der Waals surface area contributed by atoms with Crippen molar-refractivity contribution >= 4 is 6.41 Å². The Labute approximate surface area is 145 Å². The van der Waals surface area contributed by atoms with Crippen LogP contribution in [0.5, 0.6) is 0 Å². The van der Waals surface area contributed by atoms with E-state index < -0.39 is 0 Å². The van der Waals surface area contributed by atoms with Crippen molar-refractivity contribution in [1.29, 1.82) is 0 Å². The van der Waals surface area contributed by atoms with E-state index in [9.17, 15) is 0 Å². The predicted octanol–water partition coefficient (Wildman–Crippen LogP) is 3.33. The fraction of sp³-hybridized carbons (Fsp3) is 0.944. The molecule has 0 saturated carbocycles. The van der Waals surface area contributed by atoms with Gasteiger partial charge in [-0.2, -0.15) is 0 Å². The second kappa shape index (κ2) is 23.6. The van der Waals surface area contributed by atoms with E-state index in [1.165, 1.54) is 32.2 Å². The average Bonchev–Trinajstić information content (AvgIpc) is 3.24. The standard InChI is InChI=1S/C9H17NO.C3H8O.C2H5NO.2C2H6/c1-11-7-9-5-4-8-3-2-6-10(8)9;1-3-4-2;1-3-2-4;2*1-2/h8-9H,2-7H2,1H3;3H2,1-2H3;2H,1H3,(H,3,4);2*1-2H3. The van der Waals surface area contributed by atoms with Crippen molar-refractivity contribution in [2.75, 3.05) is 41.0 Å². The van der Waals surface area contributed by atoms with E-state index >= 15 is 0 Å². The number of carbonyl (C=O) groups is 1. The van der Waals surface area contributed by atoms with Crippen LogP contribution in [0.4, 0.5) is 0 Å². The van der Waals surface area contributed by atoms with Crippen LogP contribution >= 0.6 is 0 Å². The highest BCUT2D eigenvalue weighted by molar-refractivity contribution is 5.44. The van der Waals surface area contributed by atoms with E-state index in [2.05, 4.69) is 15.0 Å². The van der Waals surface area contributed by atoms with Crippen LogP contribution < -0.4 is 5.32 Å². The van der Waals surface area contributed by atoms with Crippen LogP contribution in [0.3, 0.4) is 0 Å².